The maximum absolute atomic E-state index is 6.59. The van der Waals surface area contributed by atoms with E-state index in [0.29, 0.717) is 11.5 Å². The second-order valence-electron chi connectivity index (χ2n) is 7.43. The van der Waals surface area contributed by atoms with Gasteiger partial charge in [-0.2, -0.15) is 0 Å². The molecule has 0 unspecified atom stereocenters. The molecule has 0 spiro atoms. The summed E-state index contributed by atoms with van der Waals surface area (Å²) in [6.45, 7) is 4.32. The molecule has 164 valence electrons. The molecule has 2 aromatic carbocycles. The SMILES string of the molecule is CO[Si](OC)(OC)c1cccc2c1Oc1c(cccc1[Si](OC)(OC)OC)C2(C)C. The minimum Gasteiger partial charge on any atom is -0.456 e. The Balaban J connectivity index is 2.32. The Labute approximate surface area is 180 Å². The smallest absolute Gasteiger partial charge is 0.456 e. The summed E-state index contributed by atoms with van der Waals surface area (Å²) >= 11 is 0. The number of para-hydroxylation sites is 2. The number of hydrogen-bond donors (Lipinski definition) is 0. The van der Waals surface area contributed by atoms with Crippen LogP contribution < -0.4 is 15.1 Å². The van der Waals surface area contributed by atoms with Crippen molar-refractivity contribution in [2.24, 2.45) is 0 Å². The van der Waals surface area contributed by atoms with Crippen LogP contribution in [-0.4, -0.2) is 60.3 Å². The van der Waals surface area contributed by atoms with Crippen LogP contribution in [0, 0.1) is 0 Å². The summed E-state index contributed by atoms with van der Waals surface area (Å²) in [6, 6.07) is 11.9. The van der Waals surface area contributed by atoms with Gasteiger partial charge in [0.2, 0.25) is 0 Å². The molecule has 9 heteroatoms. The maximum Gasteiger partial charge on any atom is 0.540 e. The quantitative estimate of drug-likeness (QED) is 0.572. The molecule has 7 nitrogen and oxygen atoms in total. The maximum atomic E-state index is 6.59. The normalized spacial score (nSPS) is 15.3. The Morgan fingerprint density at radius 3 is 1.23 bits per heavy atom. The summed E-state index contributed by atoms with van der Waals surface area (Å²) < 4.78 is 41.1. The molecule has 0 amide bonds. The zero-order valence-corrected chi connectivity index (χ0v) is 20.8. The summed E-state index contributed by atoms with van der Waals surface area (Å²) in [5.41, 5.74) is 1.68. The second kappa shape index (κ2) is 8.52. The fourth-order valence-electron chi connectivity index (χ4n) is 4.17. The van der Waals surface area contributed by atoms with Crippen LogP contribution in [0.2, 0.25) is 0 Å². The zero-order valence-electron chi connectivity index (χ0n) is 18.8. The highest BCUT2D eigenvalue weighted by Crippen LogP contribution is 2.47. The van der Waals surface area contributed by atoms with Gasteiger partial charge in [0.1, 0.15) is 11.5 Å². The Bertz CT molecular complexity index is 820. The lowest BCUT2D eigenvalue weighted by atomic mass is 9.76. The Morgan fingerprint density at radius 2 is 0.933 bits per heavy atom. The number of ether oxygens (including phenoxy) is 1. The van der Waals surface area contributed by atoms with Crippen molar-refractivity contribution >= 4 is 28.0 Å². The van der Waals surface area contributed by atoms with Crippen LogP contribution in [0.1, 0.15) is 25.0 Å². The highest BCUT2D eigenvalue weighted by molar-refractivity contribution is 6.77. The molecule has 1 aliphatic heterocycles. The van der Waals surface area contributed by atoms with E-state index in [4.69, 9.17) is 31.3 Å². The molecule has 0 atom stereocenters. The van der Waals surface area contributed by atoms with Crippen LogP contribution in [-0.2, 0) is 32.0 Å². The molecule has 0 aliphatic carbocycles. The molecule has 3 rings (SSSR count). The van der Waals surface area contributed by atoms with Gasteiger partial charge in [0, 0.05) is 59.2 Å². The first-order valence-corrected chi connectivity index (χ1v) is 13.0. The van der Waals surface area contributed by atoms with E-state index in [1.54, 1.807) is 42.7 Å². The van der Waals surface area contributed by atoms with E-state index in [1.165, 1.54) is 0 Å². The molecule has 2 aromatic rings. The summed E-state index contributed by atoms with van der Waals surface area (Å²) in [7, 11) is 3.22. The van der Waals surface area contributed by atoms with Gasteiger partial charge in [-0.3, -0.25) is 0 Å². The molecular weight excluding hydrogens is 420 g/mol. The first-order valence-electron chi connectivity index (χ1n) is 9.57. The van der Waals surface area contributed by atoms with Crippen LogP contribution >= 0.6 is 0 Å². The first-order chi connectivity index (χ1) is 14.3. The molecule has 0 aromatic heterocycles. The monoisotopic (exact) mass is 450 g/mol. The van der Waals surface area contributed by atoms with E-state index in [1.807, 2.05) is 24.3 Å². The summed E-state index contributed by atoms with van der Waals surface area (Å²) in [4.78, 5) is 0. The lowest BCUT2D eigenvalue weighted by Crippen LogP contribution is -2.57. The van der Waals surface area contributed by atoms with E-state index in [0.717, 1.165) is 21.5 Å². The van der Waals surface area contributed by atoms with E-state index < -0.39 is 17.6 Å². The average Bonchev–Trinajstić information content (AvgIpc) is 2.77. The zero-order chi connectivity index (χ0) is 22.2. The van der Waals surface area contributed by atoms with Crippen LogP contribution in [0.25, 0.3) is 0 Å². The molecule has 0 saturated heterocycles. The molecular formula is C21H30O7Si2. The van der Waals surface area contributed by atoms with Gasteiger partial charge in [0.05, 0.1) is 10.4 Å². The van der Waals surface area contributed by atoms with Gasteiger partial charge in [-0.05, 0) is 0 Å². The van der Waals surface area contributed by atoms with E-state index in [-0.39, 0.29) is 5.41 Å². The fraction of sp³-hybridized carbons (Fsp3) is 0.429. The van der Waals surface area contributed by atoms with Gasteiger partial charge in [0.15, 0.2) is 0 Å². The van der Waals surface area contributed by atoms with Crippen LogP contribution in [0.3, 0.4) is 0 Å². The largest absolute Gasteiger partial charge is 0.540 e. The van der Waals surface area contributed by atoms with Gasteiger partial charge >= 0.3 is 17.6 Å². The Hall–Kier alpha value is -1.57. The number of rotatable bonds is 8. The topological polar surface area (TPSA) is 64.6 Å². The van der Waals surface area contributed by atoms with E-state index in [9.17, 15) is 0 Å². The van der Waals surface area contributed by atoms with Crippen molar-refractivity contribution in [1.29, 1.82) is 0 Å². The van der Waals surface area contributed by atoms with Gasteiger partial charge in [-0.25, -0.2) is 0 Å². The lowest BCUT2D eigenvalue weighted by molar-refractivity contribution is 0.139. The van der Waals surface area contributed by atoms with Crippen molar-refractivity contribution in [1.82, 2.24) is 0 Å². The third-order valence-corrected chi connectivity index (χ3v) is 11.2. The fourth-order valence-corrected chi connectivity index (χ4v) is 8.02. The van der Waals surface area contributed by atoms with Crippen molar-refractivity contribution < 1.29 is 31.3 Å². The Kier molecular flexibility index (Phi) is 6.56. The first kappa shape index (κ1) is 23.1. The van der Waals surface area contributed by atoms with E-state index >= 15 is 0 Å². The third kappa shape index (κ3) is 3.26. The summed E-state index contributed by atoms with van der Waals surface area (Å²) in [5.74, 6) is 1.34. The number of fused-ring (bicyclic) bond motifs is 2. The van der Waals surface area contributed by atoms with Crippen molar-refractivity contribution in [2.75, 3.05) is 42.7 Å². The van der Waals surface area contributed by atoms with E-state index in [2.05, 4.69) is 26.0 Å². The molecule has 0 bridgehead atoms. The minimum atomic E-state index is -3.15. The van der Waals surface area contributed by atoms with Gasteiger partial charge in [-0.15, -0.1) is 0 Å². The minimum absolute atomic E-state index is 0.361. The van der Waals surface area contributed by atoms with Crippen molar-refractivity contribution in [3.63, 3.8) is 0 Å². The molecule has 1 heterocycles. The molecule has 0 radical (unpaired) electrons. The molecule has 30 heavy (non-hydrogen) atoms. The predicted octanol–water partition coefficient (Wildman–Crippen LogP) is 2.29. The number of hydrogen-bond acceptors (Lipinski definition) is 7. The highest BCUT2D eigenvalue weighted by Gasteiger charge is 2.50. The van der Waals surface area contributed by atoms with Crippen LogP contribution in [0.15, 0.2) is 36.4 Å². The average molecular weight is 451 g/mol. The van der Waals surface area contributed by atoms with Crippen molar-refractivity contribution in [3.05, 3.63) is 47.5 Å². The molecule has 0 N–H and O–H groups in total. The molecule has 1 aliphatic rings. The second-order valence-corrected chi connectivity index (χ2v) is 13.2. The lowest BCUT2D eigenvalue weighted by Gasteiger charge is -2.39. The molecule has 0 saturated carbocycles. The van der Waals surface area contributed by atoms with Crippen molar-refractivity contribution in [2.45, 2.75) is 19.3 Å². The highest BCUT2D eigenvalue weighted by atomic mass is 28.4. The summed E-state index contributed by atoms with van der Waals surface area (Å²) in [6.07, 6.45) is 0. The Morgan fingerprint density at radius 1 is 0.600 bits per heavy atom. The van der Waals surface area contributed by atoms with Gasteiger partial charge in [0.25, 0.3) is 0 Å². The number of benzene rings is 2. The molecule has 0 fully saturated rings. The third-order valence-electron chi connectivity index (χ3n) is 5.85. The van der Waals surface area contributed by atoms with Gasteiger partial charge in [-0.1, -0.05) is 50.2 Å². The van der Waals surface area contributed by atoms with Crippen LogP contribution in [0.5, 0.6) is 11.5 Å². The standard InChI is InChI=1S/C21H30O7Si2/c1-21(2)15-11-9-13-17(29(22-3,23-4)24-5)19(15)28-20-16(21)12-10-14-18(20)30(25-6,26-7)27-8/h9-14H,1-8H3. The van der Waals surface area contributed by atoms with Crippen molar-refractivity contribution in [3.8, 4) is 11.5 Å². The predicted molar refractivity (Wildman–Crippen MR) is 118 cm³/mol. The summed E-state index contributed by atoms with van der Waals surface area (Å²) in [5, 5.41) is 1.53. The van der Waals surface area contributed by atoms with Gasteiger partial charge < -0.3 is 31.3 Å². The van der Waals surface area contributed by atoms with Crippen LogP contribution in [0.4, 0.5) is 0 Å².